The highest BCUT2D eigenvalue weighted by Crippen LogP contribution is 2.34. The van der Waals surface area contributed by atoms with Gasteiger partial charge in [0.2, 0.25) is 0 Å². The molecule has 0 atom stereocenters. The minimum absolute atomic E-state index is 0.209. The summed E-state index contributed by atoms with van der Waals surface area (Å²) in [7, 11) is -2.25. The van der Waals surface area contributed by atoms with Gasteiger partial charge in [0.05, 0.1) is 0 Å². The van der Waals surface area contributed by atoms with Gasteiger partial charge < -0.3 is 9.79 Å². The standard InChI is InChI=1S/C5H12NO3P/c1-3-4-6(2)5-10(7,8)9/h3H,1,4-5H2,2H3,(H2,7,8,9). The molecular formula is C5H12NO3P. The zero-order valence-corrected chi connectivity index (χ0v) is 6.79. The summed E-state index contributed by atoms with van der Waals surface area (Å²) in [4.78, 5) is 18.4. The lowest BCUT2D eigenvalue weighted by molar-refractivity contribution is 0.327. The van der Waals surface area contributed by atoms with Crippen molar-refractivity contribution in [1.29, 1.82) is 0 Å². The highest BCUT2D eigenvalue weighted by molar-refractivity contribution is 7.51. The summed E-state index contributed by atoms with van der Waals surface area (Å²) in [6.07, 6.45) is 1.38. The zero-order valence-electron chi connectivity index (χ0n) is 5.90. The van der Waals surface area contributed by atoms with E-state index < -0.39 is 7.60 Å². The van der Waals surface area contributed by atoms with Gasteiger partial charge in [0.1, 0.15) is 6.29 Å². The van der Waals surface area contributed by atoms with Gasteiger partial charge in [0.15, 0.2) is 0 Å². The van der Waals surface area contributed by atoms with Crippen LogP contribution in [0.15, 0.2) is 12.7 Å². The monoisotopic (exact) mass is 165 g/mol. The van der Waals surface area contributed by atoms with E-state index >= 15 is 0 Å². The lowest BCUT2D eigenvalue weighted by Crippen LogP contribution is -2.19. The van der Waals surface area contributed by atoms with Crippen LogP contribution in [0.25, 0.3) is 0 Å². The summed E-state index contributed by atoms with van der Waals surface area (Å²) in [6, 6.07) is 0. The number of hydrogen-bond donors (Lipinski definition) is 2. The fourth-order valence-electron chi connectivity index (χ4n) is 0.593. The molecule has 2 N–H and O–H groups in total. The Morgan fingerprint density at radius 3 is 2.50 bits per heavy atom. The van der Waals surface area contributed by atoms with Crippen molar-refractivity contribution in [3.05, 3.63) is 12.7 Å². The summed E-state index contributed by atoms with van der Waals surface area (Å²) in [5.41, 5.74) is 0. The summed E-state index contributed by atoms with van der Waals surface area (Å²) >= 11 is 0. The molecule has 0 aliphatic rings. The van der Waals surface area contributed by atoms with E-state index in [9.17, 15) is 4.57 Å². The van der Waals surface area contributed by atoms with Crippen molar-refractivity contribution >= 4 is 7.60 Å². The van der Waals surface area contributed by atoms with E-state index in [1.807, 2.05) is 0 Å². The Kier molecular flexibility index (Phi) is 3.83. The third kappa shape index (κ3) is 5.98. The van der Waals surface area contributed by atoms with Crippen LogP contribution in [0, 0.1) is 0 Å². The van der Waals surface area contributed by atoms with Crippen molar-refractivity contribution in [3.63, 3.8) is 0 Å². The topological polar surface area (TPSA) is 60.8 Å². The fourth-order valence-corrected chi connectivity index (χ4v) is 1.34. The van der Waals surface area contributed by atoms with Gasteiger partial charge in [-0.2, -0.15) is 0 Å². The van der Waals surface area contributed by atoms with E-state index in [4.69, 9.17) is 9.79 Å². The van der Waals surface area contributed by atoms with Crippen molar-refractivity contribution in [3.8, 4) is 0 Å². The van der Waals surface area contributed by atoms with Crippen molar-refractivity contribution in [1.82, 2.24) is 4.90 Å². The Balaban J connectivity index is 3.68. The average molecular weight is 165 g/mol. The largest absolute Gasteiger partial charge is 0.339 e. The number of nitrogens with zero attached hydrogens (tertiary/aromatic N) is 1. The van der Waals surface area contributed by atoms with Crippen molar-refractivity contribution in [2.24, 2.45) is 0 Å². The SMILES string of the molecule is C=CCN(C)CP(=O)(O)O. The molecule has 0 spiro atoms. The smallest absolute Gasteiger partial charge is 0.324 e. The number of likely N-dealkylation sites (N-methyl/N-ethyl adjacent to an activating group) is 1. The molecule has 0 aliphatic heterocycles. The summed E-state index contributed by atoms with van der Waals surface area (Å²) in [5, 5.41) is 0. The van der Waals surface area contributed by atoms with E-state index in [1.54, 1.807) is 13.1 Å². The molecule has 10 heavy (non-hydrogen) atoms. The molecule has 0 rings (SSSR count). The highest BCUT2D eigenvalue weighted by atomic mass is 31.2. The molecule has 0 radical (unpaired) electrons. The Morgan fingerprint density at radius 2 is 2.20 bits per heavy atom. The van der Waals surface area contributed by atoms with Gasteiger partial charge in [-0.05, 0) is 7.05 Å². The molecule has 0 aromatic carbocycles. The third-order valence-corrected chi connectivity index (χ3v) is 1.72. The van der Waals surface area contributed by atoms with Gasteiger partial charge in [-0.15, -0.1) is 6.58 Å². The van der Waals surface area contributed by atoms with E-state index in [-0.39, 0.29) is 6.29 Å². The quantitative estimate of drug-likeness (QED) is 0.462. The van der Waals surface area contributed by atoms with Crippen LogP contribution in [-0.4, -0.2) is 34.6 Å². The van der Waals surface area contributed by atoms with Gasteiger partial charge in [-0.3, -0.25) is 9.46 Å². The first-order valence-corrected chi connectivity index (χ1v) is 4.59. The maximum Gasteiger partial charge on any atom is 0.339 e. The Bertz CT molecular complexity index is 153. The molecule has 0 aliphatic carbocycles. The average Bonchev–Trinajstić information content (AvgIpc) is 1.59. The normalized spacial score (nSPS) is 12.0. The van der Waals surface area contributed by atoms with Crippen LogP contribution in [-0.2, 0) is 4.57 Å². The molecule has 0 aromatic rings. The van der Waals surface area contributed by atoms with Crippen LogP contribution in [0.4, 0.5) is 0 Å². The predicted octanol–water partition coefficient (Wildman–Crippen LogP) is 0.239. The fraction of sp³-hybridized carbons (Fsp3) is 0.600. The predicted molar refractivity (Wildman–Crippen MR) is 39.7 cm³/mol. The van der Waals surface area contributed by atoms with Crippen LogP contribution in [0.2, 0.25) is 0 Å². The van der Waals surface area contributed by atoms with Crippen LogP contribution in [0.3, 0.4) is 0 Å². The first kappa shape index (κ1) is 9.85. The second-order valence-electron chi connectivity index (χ2n) is 2.13. The molecule has 0 aromatic heterocycles. The van der Waals surface area contributed by atoms with Gasteiger partial charge in [0, 0.05) is 6.54 Å². The molecule has 0 fully saturated rings. The summed E-state index contributed by atoms with van der Waals surface area (Å²) < 4.78 is 10.3. The van der Waals surface area contributed by atoms with Crippen LogP contribution >= 0.6 is 7.60 Å². The summed E-state index contributed by atoms with van der Waals surface area (Å²) in [6.45, 7) is 3.93. The van der Waals surface area contributed by atoms with Crippen molar-refractivity contribution < 1.29 is 14.4 Å². The van der Waals surface area contributed by atoms with Gasteiger partial charge >= 0.3 is 7.60 Å². The van der Waals surface area contributed by atoms with E-state index in [2.05, 4.69) is 6.58 Å². The van der Waals surface area contributed by atoms with E-state index in [0.29, 0.717) is 6.54 Å². The lowest BCUT2D eigenvalue weighted by atomic mass is 10.6. The molecule has 0 heterocycles. The molecule has 0 saturated carbocycles. The minimum Gasteiger partial charge on any atom is -0.324 e. The summed E-state index contributed by atoms with van der Waals surface area (Å²) in [5.74, 6) is 0. The van der Waals surface area contributed by atoms with Crippen molar-refractivity contribution in [2.45, 2.75) is 0 Å². The Labute approximate surface area is 60.3 Å². The molecule has 0 saturated heterocycles. The number of rotatable bonds is 4. The van der Waals surface area contributed by atoms with E-state index in [1.165, 1.54) is 4.90 Å². The Morgan fingerprint density at radius 1 is 1.70 bits per heavy atom. The Hall–Kier alpha value is -0.150. The molecule has 5 heteroatoms. The maximum absolute atomic E-state index is 10.3. The first-order valence-electron chi connectivity index (χ1n) is 2.79. The van der Waals surface area contributed by atoms with Gasteiger partial charge in [0.25, 0.3) is 0 Å². The molecule has 0 bridgehead atoms. The lowest BCUT2D eigenvalue weighted by Gasteiger charge is -2.14. The molecular weight excluding hydrogens is 153 g/mol. The van der Waals surface area contributed by atoms with Gasteiger partial charge in [-0.25, -0.2) is 0 Å². The minimum atomic E-state index is -3.87. The third-order valence-electron chi connectivity index (χ3n) is 0.866. The second-order valence-corrected chi connectivity index (χ2v) is 3.75. The molecule has 4 nitrogen and oxygen atoms in total. The molecule has 60 valence electrons. The highest BCUT2D eigenvalue weighted by Gasteiger charge is 2.14. The van der Waals surface area contributed by atoms with Crippen molar-refractivity contribution in [2.75, 3.05) is 19.9 Å². The second kappa shape index (κ2) is 3.88. The van der Waals surface area contributed by atoms with Crippen LogP contribution in [0.5, 0.6) is 0 Å². The van der Waals surface area contributed by atoms with E-state index in [0.717, 1.165) is 0 Å². The van der Waals surface area contributed by atoms with Gasteiger partial charge in [-0.1, -0.05) is 6.08 Å². The van der Waals surface area contributed by atoms with Crippen LogP contribution < -0.4 is 0 Å². The zero-order chi connectivity index (χ0) is 8.20. The van der Waals surface area contributed by atoms with Crippen LogP contribution in [0.1, 0.15) is 0 Å². The molecule has 0 unspecified atom stereocenters. The number of hydrogen-bond acceptors (Lipinski definition) is 2. The molecule has 0 amide bonds. The first-order chi connectivity index (χ1) is 4.45. The maximum atomic E-state index is 10.3.